The molecule has 2 aromatic rings. The normalized spacial score (nSPS) is 15.7. The topological polar surface area (TPSA) is 44.8 Å². The van der Waals surface area contributed by atoms with Gasteiger partial charge in [0, 0.05) is 37.4 Å². The van der Waals surface area contributed by atoms with Crippen LogP contribution in [0.3, 0.4) is 0 Å². The van der Waals surface area contributed by atoms with E-state index in [2.05, 4.69) is 22.0 Å². The molecule has 162 valence electrons. The first kappa shape index (κ1) is 22.1. The Morgan fingerprint density at radius 3 is 2.43 bits per heavy atom. The molecular weight excluding hydrogens is 381 g/mol. The maximum Gasteiger partial charge on any atom is 0.224 e. The fourth-order valence-electron chi connectivity index (χ4n) is 3.89. The molecule has 1 N–H and O–H groups in total. The first-order valence-corrected chi connectivity index (χ1v) is 10.8. The van der Waals surface area contributed by atoms with Crippen molar-refractivity contribution in [2.24, 2.45) is 0 Å². The van der Waals surface area contributed by atoms with Gasteiger partial charge in [0.25, 0.3) is 0 Å². The van der Waals surface area contributed by atoms with Crippen LogP contribution in [0.15, 0.2) is 42.5 Å². The lowest BCUT2D eigenvalue weighted by atomic mass is 10.0. The number of hydrogen-bond donors (Lipinski definition) is 1. The quantitative estimate of drug-likeness (QED) is 0.715. The van der Waals surface area contributed by atoms with Crippen LogP contribution in [0.5, 0.6) is 5.75 Å². The molecular formula is C24H32FN3O2. The molecule has 0 bridgehead atoms. The van der Waals surface area contributed by atoms with Gasteiger partial charge < -0.3 is 19.9 Å². The van der Waals surface area contributed by atoms with Gasteiger partial charge in [0.1, 0.15) is 11.6 Å². The molecule has 0 radical (unpaired) electrons. The zero-order chi connectivity index (χ0) is 21.5. The van der Waals surface area contributed by atoms with Gasteiger partial charge in [-0.2, -0.15) is 0 Å². The van der Waals surface area contributed by atoms with Gasteiger partial charge in [-0.25, -0.2) is 4.39 Å². The molecule has 30 heavy (non-hydrogen) atoms. The fraction of sp³-hybridized carbons (Fsp3) is 0.458. The highest BCUT2D eigenvalue weighted by Crippen LogP contribution is 2.28. The average Bonchev–Trinajstić information content (AvgIpc) is 2.75. The Kier molecular flexibility index (Phi) is 7.69. The predicted octanol–water partition coefficient (Wildman–Crippen LogP) is 3.79. The number of carbonyl (C=O) groups is 1. The second kappa shape index (κ2) is 10.4. The molecule has 0 saturated carbocycles. The van der Waals surface area contributed by atoms with Crippen LogP contribution in [0.4, 0.5) is 10.1 Å². The minimum atomic E-state index is -0.284. The summed E-state index contributed by atoms with van der Waals surface area (Å²) in [5.41, 5.74) is 2.74. The van der Waals surface area contributed by atoms with Crippen LogP contribution in [0, 0.1) is 5.82 Å². The van der Waals surface area contributed by atoms with Crippen molar-refractivity contribution in [3.05, 3.63) is 59.4 Å². The van der Waals surface area contributed by atoms with Crippen LogP contribution in [-0.4, -0.2) is 50.1 Å². The van der Waals surface area contributed by atoms with Crippen LogP contribution < -0.4 is 15.0 Å². The first-order chi connectivity index (χ1) is 14.5. The second-order valence-electron chi connectivity index (χ2n) is 7.67. The molecule has 1 aliphatic rings. The molecule has 3 rings (SSSR count). The summed E-state index contributed by atoms with van der Waals surface area (Å²) in [6.07, 6.45) is 0.274. The number of rotatable bonds is 8. The molecule has 0 spiro atoms. The zero-order valence-corrected chi connectivity index (χ0v) is 18.2. The number of likely N-dealkylation sites (N-methyl/N-ethyl adjacent to an activating group) is 1. The van der Waals surface area contributed by atoms with Gasteiger partial charge in [0.15, 0.2) is 0 Å². The molecule has 6 heteroatoms. The molecule has 1 saturated heterocycles. The van der Waals surface area contributed by atoms with Crippen molar-refractivity contribution in [2.45, 2.75) is 33.2 Å². The molecule has 1 unspecified atom stereocenters. The maximum absolute atomic E-state index is 14.0. The Balaban J connectivity index is 1.66. The van der Waals surface area contributed by atoms with E-state index in [1.54, 1.807) is 6.07 Å². The van der Waals surface area contributed by atoms with E-state index in [1.165, 1.54) is 6.07 Å². The number of piperazine rings is 1. The average molecular weight is 414 g/mol. The summed E-state index contributed by atoms with van der Waals surface area (Å²) in [6.45, 7) is 11.5. The van der Waals surface area contributed by atoms with Gasteiger partial charge >= 0.3 is 0 Å². The number of anilines is 1. The van der Waals surface area contributed by atoms with Crippen LogP contribution in [-0.2, 0) is 11.2 Å². The highest BCUT2D eigenvalue weighted by molar-refractivity contribution is 5.79. The van der Waals surface area contributed by atoms with E-state index in [1.807, 2.05) is 44.2 Å². The lowest BCUT2D eigenvalue weighted by Gasteiger charge is -2.37. The Bertz CT molecular complexity index is 833. The van der Waals surface area contributed by atoms with Crippen molar-refractivity contribution in [3.63, 3.8) is 0 Å². The van der Waals surface area contributed by atoms with E-state index in [0.717, 1.165) is 55.3 Å². The van der Waals surface area contributed by atoms with Crippen LogP contribution in [0.2, 0.25) is 0 Å². The molecule has 2 aromatic carbocycles. The summed E-state index contributed by atoms with van der Waals surface area (Å²) >= 11 is 0. The summed E-state index contributed by atoms with van der Waals surface area (Å²) in [5.74, 6) is 0.425. The number of nitrogens with zero attached hydrogens (tertiary/aromatic N) is 2. The molecule has 1 fully saturated rings. The number of benzene rings is 2. The van der Waals surface area contributed by atoms with Crippen molar-refractivity contribution in [1.29, 1.82) is 0 Å². The van der Waals surface area contributed by atoms with Crippen LogP contribution >= 0.6 is 0 Å². The molecule has 5 nitrogen and oxygen atoms in total. The molecule has 1 atom stereocenters. The van der Waals surface area contributed by atoms with Crippen molar-refractivity contribution in [1.82, 2.24) is 10.2 Å². The number of hydrogen-bond acceptors (Lipinski definition) is 4. The predicted molar refractivity (Wildman–Crippen MR) is 119 cm³/mol. The lowest BCUT2D eigenvalue weighted by Crippen LogP contribution is -2.46. The number of nitrogens with one attached hydrogen (secondary N) is 1. The standard InChI is InChI=1S/C24H32FN3O2/c1-4-27-12-14-28(15-13-27)23-11-8-20(25)17-22(23)18(3)26-24(29)16-19-6-9-21(10-7-19)30-5-2/h6-11,17-18H,4-5,12-16H2,1-3H3,(H,26,29). The third-order valence-corrected chi connectivity index (χ3v) is 5.59. The lowest BCUT2D eigenvalue weighted by molar-refractivity contribution is -0.121. The molecule has 0 aliphatic carbocycles. The van der Waals surface area contributed by atoms with Gasteiger partial charge in [-0.15, -0.1) is 0 Å². The van der Waals surface area contributed by atoms with Gasteiger partial charge in [0.05, 0.1) is 19.1 Å². The van der Waals surface area contributed by atoms with Gasteiger partial charge in [-0.05, 0) is 56.3 Å². The number of halogens is 1. The molecule has 1 amide bonds. The van der Waals surface area contributed by atoms with E-state index in [9.17, 15) is 9.18 Å². The minimum Gasteiger partial charge on any atom is -0.494 e. The largest absolute Gasteiger partial charge is 0.494 e. The highest BCUT2D eigenvalue weighted by atomic mass is 19.1. The summed E-state index contributed by atoms with van der Waals surface area (Å²) in [4.78, 5) is 17.3. The summed E-state index contributed by atoms with van der Waals surface area (Å²) in [7, 11) is 0. The van der Waals surface area contributed by atoms with E-state index in [4.69, 9.17) is 4.74 Å². The Labute approximate surface area is 178 Å². The van der Waals surface area contributed by atoms with Gasteiger partial charge in [-0.1, -0.05) is 19.1 Å². The molecule has 1 aliphatic heterocycles. The van der Waals surface area contributed by atoms with Crippen LogP contribution in [0.25, 0.3) is 0 Å². The maximum atomic E-state index is 14.0. The van der Waals surface area contributed by atoms with Gasteiger partial charge in [0.2, 0.25) is 5.91 Å². The van der Waals surface area contributed by atoms with E-state index in [0.29, 0.717) is 6.61 Å². The SMILES string of the molecule is CCOc1ccc(CC(=O)NC(C)c2cc(F)ccc2N2CCN(CC)CC2)cc1. The number of ether oxygens (including phenoxy) is 1. The zero-order valence-electron chi connectivity index (χ0n) is 18.2. The molecule has 0 aromatic heterocycles. The summed E-state index contributed by atoms with van der Waals surface area (Å²) in [5, 5.41) is 3.04. The van der Waals surface area contributed by atoms with E-state index < -0.39 is 0 Å². The van der Waals surface area contributed by atoms with Crippen molar-refractivity contribution >= 4 is 11.6 Å². The molecule has 1 heterocycles. The third kappa shape index (κ3) is 5.72. The minimum absolute atomic E-state index is 0.0855. The fourth-order valence-corrected chi connectivity index (χ4v) is 3.89. The highest BCUT2D eigenvalue weighted by Gasteiger charge is 2.22. The second-order valence-corrected chi connectivity index (χ2v) is 7.67. The number of carbonyl (C=O) groups excluding carboxylic acids is 1. The Hall–Kier alpha value is -2.60. The summed E-state index contributed by atoms with van der Waals surface area (Å²) in [6, 6.07) is 12.1. The number of amides is 1. The smallest absolute Gasteiger partial charge is 0.224 e. The van der Waals surface area contributed by atoms with Crippen molar-refractivity contribution in [2.75, 3.05) is 44.2 Å². The van der Waals surface area contributed by atoms with Crippen LogP contribution in [0.1, 0.15) is 37.9 Å². The summed E-state index contributed by atoms with van der Waals surface area (Å²) < 4.78 is 19.5. The van der Waals surface area contributed by atoms with Crippen molar-refractivity contribution < 1.29 is 13.9 Å². The third-order valence-electron chi connectivity index (χ3n) is 5.59. The Morgan fingerprint density at radius 2 is 1.80 bits per heavy atom. The Morgan fingerprint density at radius 1 is 1.10 bits per heavy atom. The van der Waals surface area contributed by atoms with Crippen molar-refractivity contribution in [3.8, 4) is 5.75 Å². The van der Waals surface area contributed by atoms with Gasteiger partial charge in [-0.3, -0.25) is 4.79 Å². The van der Waals surface area contributed by atoms with E-state index >= 15 is 0 Å². The first-order valence-electron chi connectivity index (χ1n) is 10.8. The van der Waals surface area contributed by atoms with E-state index in [-0.39, 0.29) is 24.2 Å². The monoisotopic (exact) mass is 413 g/mol.